The Morgan fingerprint density at radius 1 is 1.19 bits per heavy atom. The van der Waals surface area contributed by atoms with Gasteiger partial charge in [-0.3, -0.25) is 9.59 Å². The van der Waals surface area contributed by atoms with E-state index in [-0.39, 0.29) is 17.4 Å². The maximum atomic E-state index is 13.0. The van der Waals surface area contributed by atoms with Crippen LogP contribution in [0.25, 0.3) is 0 Å². The molecule has 1 saturated heterocycles. The molecule has 7 heteroatoms. The highest BCUT2D eigenvalue weighted by Gasteiger charge is 2.30. The lowest BCUT2D eigenvalue weighted by atomic mass is 9.95. The number of fused-ring (bicyclic) bond motifs is 1. The molecule has 0 aliphatic carbocycles. The minimum atomic E-state index is -0.122. The second kappa shape index (κ2) is 7.42. The fourth-order valence-corrected chi connectivity index (χ4v) is 3.78. The third kappa shape index (κ3) is 3.67. The molecule has 0 unspecified atom stereocenters. The predicted octanol–water partition coefficient (Wildman–Crippen LogP) is 1.07. The molecule has 2 aliphatic rings. The molecule has 1 aromatic heterocycles. The number of anilines is 1. The van der Waals surface area contributed by atoms with Crippen molar-refractivity contribution in [1.82, 2.24) is 14.7 Å². The number of piperazine rings is 1. The third-order valence-corrected chi connectivity index (χ3v) is 5.42. The van der Waals surface area contributed by atoms with Gasteiger partial charge in [-0.05, 0) is 24.5 Å². The minimum absolute atomic E-state index is 0.0362. The number of aromatic nitrogens is 2. The molecule has 3 heterocycles. The van der Waals surface area contributed by atoms with E-state index in [1.807, 2.05) is 29.2 Å². The maximum absolute atomic E-state index is 13.0. The Hall–Kier alpha value is -2.83. The van der Waals surface area contributed by atoms with Crippen molar-refractivity contribution in [2.75, 3.05) is 37.7 Å². The lowest BCUT2D eigenvalue weighted by Gasteiger charge is -2.37. The molecule has 0 N–H and O–H groups in total. The molecule has 7 nitrogen and oxygen atoms in total. The molecular formula is C20H24N4O3. The second-order valence-corrected chi connectivity index (χ2v) is 7.13. The number of rotatable bonds is 2. The van der Waals surface area contributed by atoms with Crippen molar-refractivity contribution in [3.8, 4) is 5.75 Å². The Labute approximate surface area is 158 Å². The van der Waals surface area contributed by atoms with Gasteiger partial charge in [0.05, 0.1) is 18.5 Å². The highest BCUT2D eigenvalue weighted by Crippen LogP contribution is 2.28. The fraction of sp³-hybridized carbons (Fsp3) is 0.450. The van der Waals surface area contributed by atoms with Crippen LogP contribution in [-0.2, 0) is 18.3 Å². The summed E-state index contributed by atoms with van der Waals surface area (Å²) in [7, 11) is 1.64. The summed E-state index contributed by atoms with van der Waals surface area (Å²) >= 11 is 0. The van der Waals surface area contributed by atoms with E-state index in [9.17, 15) is 9.59 Å². The molecule has 1 aromatic carbocycles. The molecule has 0 radical (unpaired) electrons. The average Bonchev–Trinajstić information content (AvgIpc) is 2.92. The van der Waals surface area contributed by atoms with Crippen LogP contribution in [-0.4, -0.2) is 53.4 Å². The first-order chi connectivity index (χ1) is 13.1. The molecule has 27 heavy (non-hydrogen) atoms. The van der Waals surface area contributed by atoms with Crippen molar-refractivity contribution in [1.29, 1.82) is 0 Å². The van der Waals surface area contributed by atoms with E-state index < -0.39 is 0 Å². The Balaban J connectivity index is 1.40. The number of aryl methyl sites for hydroxylation is 1. The molecule has 2 aromatic rings. The van der Waals surface area contributed by atoms with Gasteiger partial charge in [-0.15, -0.1) is 0 Å². The van der Waals surface area contributed by atoms with E-state index >= 15 is 0 Å². The fourth-order valence-electron chi connectivity index (χ4n) is 3.78. The van der Waals surface area contributed by atoms with Crippen LogP contribution in [0.15, 0.2) is 41.3 Å². The SMILES string of the molecule is Cn1ncc(N2CCN(C(=O)[C@@H]3CCOc4ccccc4C3)CC2)cc1=O. The number of benzene rings is 1. The van der Waals surface area contributed by atoms with Crippen molar-refractivity contribution in [2.45, 2.75) is 12.8 Å². The topological polar surface area (TPSA) is 67.7 Å². The van der Waals surface area contributed by atoms with Crippen LogP contribution in [0, 0.1) is 5.92 Å². The van der Waals surface area contributed by atoms with Gasteiger partial charge in [0.1, 0.15) is 5.75 Å². The summed E-state index contributed by atoms with van der Waals surface area (Å²) in [6.45, 7) is 3.31. The van der Waals surface area contributed by atoms with E-state index in [2.05, 4.69) is 10.00 Å². The molecule has 1 fully saturated rings. The van der Waals surface area contributed by atoms with Gasteiger partial charge in [-0.1, -0.05) is 18.2 Å². The number of nitrogens with zero attached hydrogens (tertiary/aromatic N) is 4. The Bertz CT molecular complexity index is 887. The van der Waals surface area contributed by atoms with Gasteiger partial charge in [-0.25, -0.2) is 4.68 Å². The van der Waals surface area contributed by atoms with Gasteiger partial charge in [-0.2, -0.15) is 5.10 Å². The van der Waals surface area contributed by atoms with E-state index in [4.69, 9.17) is 4.74 Å². The summed E-state index contributed by atoms with van der Waals surface area (Å²) in [4.78, 5) is 28.9. The molecular weight excluding hydrogens is 344 g/mol. The van der Waals surface area contributed by atoms with Gasteiger partial charge < -0.3 is 14.5 Å². The number of hydrogen-bond donors (Lipinski definition) is 0. The summed E-state index contributed by atoms with van der Waals surface area (Å²) < 4.78 is 7.11. The quantitative estimate of drug-likeness (QED) is 0.793. The first-order valence-corrected chi connectivity index (χ1v) is 9.39. The number of carbonyl (C=O) groups is 1. The Kier molecular flexibility index (Phi) is 4.83. The summed E-state index contributed by atoms with van der Waals surface area (Å²) in [5.41, 5.74) is 1.81. The molecule has 0 saturated carbocycles. The number of amides is 1. The zero-order valence-electron chi connectivity index (χ0n) is 15.5. The minimum Gasteiger partial charge on any atom is -0.493 e. The normalized spacial score (nSPS) is 19.8. The first kappa shape index (κ1) is 17.6. The van der Waals surface area contributed by atoms with E-state index in [1.54, 1.807) is 19.3 Å². The molecule has 2 aliphatic heterocycles. The summed E-state index contributed by atoms with van der Waals surface area (Å²) in [6, 6.07) is 9.57. The summed E-state index contributed by atoms with van der Waals surface area (Å²) in [6.07, 6.45) is 3.18. The molecule has 0 spiro atoms. The highest BCUT2D eigenvalue weighted by atomic mass is 16.5. The first-order valence-electron chi connectivity index (χ1n) is 9.39. The van der Waals surface area contributed by atoms with Crippen LogP contribution in [0.3, 0.4) is 0 Å². The zero-order valence-corrected chi connectivity index (χ0v) is 15.5. The van der Waals surface area contributed by atoms with Crippen LogP contribution in [0.4, 0.5) is 5.69 Å². The lowest BCUT2D eigenvalue weighted by molar-refractivity contribution is -0.136. The Morgan fingerprint density at radius 3 is 2.74 bits per heavy atom. The maximum Gasteiger partial charge on any atom is 0.268 e. The monoisotopic (exact) mass is 368 g/mol. The van der Waals surface area contributed by atoms with Crippen LogP contribution < -0.4 is 15.2 Å². The van der Waals surface area contributed by atoms with Crippen molar-refractivity contribution in [3.05, 3.63) is 52.4 Å². The number of ether oxygens (including phenoxy) is 1. The smallest absolute Gasteiger partial charge is 0.268 e. The molecule has 1 amide bonds. The van der Waals surface area contributed by atoms with Gasteiger partial charge >= 0.3 is 0 Å². The predicted molar refractivity (Wildman–Crippen MR) is 102 cm³/mol. The molecule has 142 valence electrons. The number of hydrogen-bond acceptors (Lipinski definition) is 5. The molecule has 4 rings (SSSR count). The molecule has 0 bridgehead atoms. The van der Waals surface area contributed by atoms with Gasteiger partial charge in [0.25, 0.3) is 5.56 Å². The third-order valence-electron chi connectivity index (χ3n) is 5.42. The van der Waals surface area contributed by atoms with E-state index in [0.717, 1.165) is 29.8 Å². The average molecular weight is 368 g/mol. The van der Waals surface area contributed by atoms with Crippen molar-refractivity contribution in [3.63, 3.8) is 0 Å². The highest BCUT2D eigenvalue weighted by molar-refractivity contribution is 5.79. The van der Waals surface area contributed by atoms with Gasteiger partial charge in [0, 0.05) is 45.2 Å². The van der Waals surface area contributed by atoms with Crippen molar-refractivity contribution >= 4 is 11.6 Å². The lowest BCUT2D eigenvalue weighted by Crippen LogP contribution is -2.51. The van der Waals surface area contributed by atoms with Crippen LogP contribution >= 0.6 is 0 Å². The zero-order chi connectivity index (χ0) is 18.8. The summed E-state index contributed by atoms with van der Waals surface area (Å²) in [5, 5.41) is 4.08. The van der Waals surface area contributed by atoms with Crippen LogP contribution in [0.2, 0.25) is 0 Å². The van der Waals surface area contributed by atoms with Gasteiger partial charge in [0.15, 0.2) is 0 Å². The Morgan fingerprint density at radius 2 is 1.96 bits per heavy atom. The number of para-hydroxylation sites is 1. The van der Waals surface area contributed by atoms with Gasteiger partial charge in [0.2, 0.25) is 5.91 Å². The van der Waals surface area contributed by atoms with E-state index in [0.29, 0.717) is 32.8 Å². The van der Waals surface area contributed by atoms with Crippen LogP contribution in [0.5, 0.6) is 5.75 Å². The summed E-state index contributed by atoms with van der Waals surface area (Å²) in [5.74, 6) is 1.07. The van der Waals surface area contributed by atoms with E-state index in [1.165, 1.54) is 4.68 Å². The number of carbonyl (C=O) groups excluding carboxylic acids is 1. The van der Waals surface area contributed by atoms with Crippen molar-refractivity contribution in [2.24, 2.45) is 13.0 Å². The largest absolute Gasteiger partial charge is 0.493 e. The molecule has 1 atom stereocenters. The van der Waals surface area contributed by atoms with Crippen LogP contribution in [0.1, 0.15) is 12.0 Å². The second-order valence-electron chi connectivity index (χ2n) is 7.13. The standard InChI is InChI=1S/C20H24N4O3/c1-22-19(25)13-17(14-21-22)23-7-9-24(10-8-23)20(26)16-6-11-27-18-5-3-2-4-15(18)12-16/h2-5,13-14,16H,6-12H2,1H3/t16-/m1/s1. The van der Waals surface area contributed by atoms with Crippen molar-refractivity contribution < 1.29 is 9.53 Å².